The van der Waals surface area contributed by atoms with E-state index in [0.29, 0.717) is 18.9 Å². The molecule has 1 aromatic carbocycles. The second-order valence-electron chi connectivity index (χ2n) is 4.96. The lowest BCUT2D eigenvalue weighted by atomic mass is 9.92. The monoisotopic (exact) mass is 265 g/mol. The minimum atomic E-state index is -0.289. The number of para-hydroxylation sites is 2. The van der Waals surface area contributed by atoms with Gasteiger partial charge in [-0.2, -0.15) is 0 Å². The lowest BCUT2D eigenvalue weighted by Crippen LogP contribution is -2.37. The first-order chi connectivity index (χ1) is 9.31. The molecule has 0 aliphatic carbocycles. The Morgan fingerprint density at radius 3 is 2.84 bits per heavy atom. The van der Waals surface area contributed by atoms with E-state index in [1.54, 1.807) is 7.11 Å². The predicted molar refractivity (Wildman–Crippen MR) is 74.7 cm³/mol. The molecule has 1 heterocycles. The van der Waals surface area contributed by atoms with E-state index in [9.17, 15) is 5.11 Å². The van der Waals surface area contributed by atoms with E-state index in [4.69, 9.17) is 9.47 Å². The van der Waals surface area contributed by atoms with E-state index >= 15 is 0 Å². The van der Waals surface area contributed by atoms with Gasteiger partial charge in [-0.25, -0.2) is 0 Å². The number of benzene rings is 1. The maximum Gasteiger partial charge on any atom is 0.161 e. The molecular formula is C15H23NO3. The van der Waals surface area contributed by atoms with Crippen molar-refractivity contribution in [1.29, 1.82) is 0 Å². The van der Waals surface area contributed by atoms with Crippen LogP contribution in [0.2, 0.25) is 0 Å². The summed E-state index contributed by atoms with van der Waals surface area (Å²) >= 11 is 0. The summed E-state index contributed by atoms with van der Waals surface area (Å²) in [5.74, 6) is 1.82. The van der Waals surface area contributed by atoms with E-state index in [1.807, 2.05) is 24.3 Å². The summed E-state index contributed by atoms with van der Waals surface area (Å²) in [6.07, 6.45) is 2.62. The summed E-state index contributed by atoms with van der Waals surface area (Å²) in [7, 11) is 1.63. The molecule has 2 atom stereocenters. The third-order valence-electron chi connectivity index (χ3n) is 3.62. The van der Waals surface area contributed by atoms with Crippen LogP contribution >= 0.6 is 0 Å². The zero-order valence-corrected chi connectivity index (χ0v) is 11.5. The Balaban J connectivity index is 1.76. The van der Waals surface area contributed by atoms with Crippen molar-refractivity contribution in [2.24, 2.45) is 5.92 Å². The topological polar surface area (TPSA) is 50.7 Å². The minimum Gasteiger partial charge on any atom is -0.493 e. The second-order valence-corrected chi connectivity index (χ2v) is 4.96. The quantitative estimate of drug-likeness (QED) is 0.824. The number of nitrogens with one attached hydrogen (secondary N) is 1. The third-order valence-corrected chi connectivity index (χ3v) is 3.62. The van der Waals surface area contributed by atoms with E-state index in [2.05, 4.69) is 5.32 Å². The molecule has 4 heteroatoms. The fraction of sp³-hybridized carbons (Fsp3) is 0.600. The first-order valence-corrected chi connectivity index (χ1v) is 6.96. The standard InChI is InChI=1S/C15H23NO3/c1-18-14-6-2-3-7-15(14)19-10-8-13(17)12-5-4-9-16-11-12/h2-3,6-7,12-13,16-17H,4-5,8-11H2,1H3. The van der Waals surface area contributed by atoms with Crippen molar-refractivity contribution >= 4 is 0 Å². The highest BCUT2D eigenvalue weighted by Gasteiger charge is 2.21. The summed E-state index contributed by atoms with van der Waals surface area (Å²) in [6, 6.07) is 7.58. The summed E-state index contributed by atoms with van der Waals surface area (Å²) in [4.78, 5) is 0. The molecule has 1 aromatic rings. The predicted octanol–water partition coefficient (Wildman–Crippen LogP) is 1.82. The van der Waals surface area contributed by atoms with Crippen LogP contribution in [0.4, 0.5) is 0 Å². The Morgan fingerprint density at radius 1 is 1.37 bits per heavy atom. The molecule has 2 N–H and O–H groups in total. The maximum absolute atomic E-state index is 10.1. The summed E-state index contributed by atoms with van der Waals surface area (Å²) in [5.41, 5.74) is 0. The van der Waals surface area contributed by atoms with Crippen LogP contribution in [-0.2, 0) is 0 Å². The van der Waals surface area contributed by atoms with Gasteiger partial charge in [0, 0.05) is 13.0 Å². The fourth-order valence-corrected chi connectivity index (χ4v) is 2.47. The zero-order valence-electron chi connectivity index (χ0n) is 11.5. The van der Waals surface area contributed by atoms with Crippen molar-refractivity contribution in [1.82, 2.24) is 5.32 Å². The Labute approximate surface area is 114 Å². The Bertz CT molecular complexity index is 377. The van der Waals surface area contributed by atoms with Crippen molar-refractivity contribution in [3.8, 4) is 11.5 Å². The van der Waals surface area contributed by atoms with Crippen LogP contribution in [0.25, 0.3) is 0 Å². The van der Waals surface area contributed by atoms with Crippen molar-refractivity contribution in [3.05, 3.63) is 24.3 Å². The second kappa shape index (κ2) is 7.36. The van der Waals surface area contributed by atoms with Gasteiger partial charge in [-0.05, 0) is 37.4 Å². The molecule has 2 unspecified atom stereocenters. The molecule has 0 radical (unpaired) electrons. The van der Waals surface area contributed by atoms with Gasteiger partial charge in [0.05, 0.1) is 19.8 Å². The molecule has 0 amide bonds. The average Bonchev–Trinajstić information content (AvgIpc) is 2.48. The van der Waals surface area contributed by atoms with Gasteiger partial charge in [0.1, 0.15) is 0 Å². The van der Waals surface area contributed by atoms with Gasteiger partial charge in [0.2, 0.25) is 0 Å². The minimum absolute atomic E-state index is 0.289. The van der Waals surface area contributed by atoms with Crippen molar-refractivity contribution in [2.45, 2.75) is 25.4 Å². The van der Waals surface area contributed by atoms with Gasteiger partial charge in [0.25, 0.3) is 0 Å². The zero-order chi connectivity index (χ0) is 13.5. The van der Waals surface area contributed by atoms with Gasteiger partial charge in [-0.15, -0.1) is 0 Å². The number of piperidine rings is 1. The Morgan fingerprint density at radius 2 is 2.16 bits per heavy atom. The first-order valence-electron chi connectivity index (χ1n) is 6.96. The molecule has 2 rings (SSSR count). The number of methoxy groups -OCH3 is 1. The molecule has 0 bridgehead atoms. The molecule has 0 spiro atoms. The summed E-state index contributed by atoms with van der Waals surface area (Å²) < 4.78 is 10.9. The Hall–Kier alpha value is -1.26. The van der Waals surface area contributed by atoms with E-state index < -0.39 is 0 Å². The van der Waals surface area contributed by atoms with E-state index in [0.717, 1.165) is 37.4 Å². The Kier molecular flexibility index (Phi) is 5.48. The molecular weight excluding hydrogens is 242 g/mol. The van der Waals surface area contributed by atoms with Crippen LogP contribution < -0.4 is 14.8 Å². The highest BCUT2D eigenvalue weighted by molar-refractivity contribution is 5.39. The normalized spacial score (nSPS) is 20.8. The summed E-state index contributed by atoms with van der Waals surface area (Å²) in [5, 5.41) is 13.4. The first kappa shape index (κ1) is 14.2. The smallest absolute Gasteiger partial charge is 0.161 e. The number of aliphatic hydroxyl groups excluding tert-OH is 1. The number of hydrogen-bond acceptors (Lipinski definition) is 4. The van der Waals surface area contributed by atoms with Crippen LogP contribution in [0.15, 0.2) is 24.3 Å². The highest BCUT2D eigenvalue weighted by atomic mass is 16.5. The van der Waals surface area contributed by atoms with E-state index in [1.165, 1.54) is 0 Å². The molecule has 1 aliphatic heterocycles. The van der Waals surface area contributed by atoms with E-state index in [-0.39, 0.29) is 6.10 Å². The SMILES string of the molecule is COc1ccccc1OCCC(O)C1CCCNC1. The lowest BCUT2D eigenvalue weighted by Gasteiger charge is -2.27. The van der Waals surface area contributed by atoms with Crippen molar-refractivity contribution < 1.29 is 14.6 Å². The summed E-state index contributed by atoms with van der Waals surface area (Å²) in [6.45, 7) is 2.49. The van der Waals surface area contributed by atoms with Gasteiger partial charge >= 0.3 is 0 Å². The number of ether oxygens (including phenoxy) is 2. The van der Waals surface area contributed by atoms with Crippen LogP contribution in [0.3, 0.4) is 0 Å². The fourth-order valence-electron chi connectivity index (χ4n) is 2.47. The van der Waals surface area contributed by atoms with Gasteiger partial charge in [-0.1, -0.05) is 12.1 Å². The molecule has 0 saturated carbocycles. The van der Waals surface area contributed by atoms with Crippen molar-refractivity contribution in [3.63, 3.8) is 0 Å². The van der Waals surface area contributed by atoms with Gasteiger partial charge in [-0.3, -0.25) is 0 Å². The van der Waals surface area contributed by atoms with Crippen LogP contribution in [0, 0.1) is 5.92 Å². The van der Waals surface area contributed by atoms with Crippen LogP contribution in [-0.4, -0.2) is 38.0 Å². The highest BCUT2D eigenvalue weighted by Crippen LogP contribution is 2.26. The van der Waals surface area contributed by atoms with Gasteiger partial charge in [0.15, 0.2) is 11.5 Å². The lowest BCUT2D eigenvalue weighted by molar-refractivity contribution is 0.0698. The molecule has 4 nitrogen and oxygen atoms in total. The molecule has 106 valence electrons. The average molecular weight is 265 g/mol. The molecule has 1 saturated heterocycles. The molecule has 0 aromatic heterocycles. The van der Waals surface area contributed by atoms with Crippen LogP contribution in [0.1, 0.15) is 19.3 Å². The molecule has 1 fully saturated rings. The largest absolute Gasteiger partial charge is 0.493 e. The molecule has 19 heavy (non-hydrogen) atoms. The number of rotatable bonds is 6. The third kappa shape index (κ3) is 4.11. The number of aliphatic hydroxyl groups is 1. The maximum atomic E-state index is 10.1. The van der Waals surface area contributed by atoms with Crippen LogP contribution in [0.5, 0.6) is 11.5 Å². The number of hydrogen-bond donors (Lipinski definition) is 2. The van der Waals surface area contributed by atoms with Gasteiger partial charge < -0.3 is 19.9 Å². The molecule has 1 aliphatic rings. The van der Waals surface area contributed by atoms with Crippen molar-refractivity contribution in [2.75, 3.05) is 26.8 Å².